The number of rotatable bonds is 9. The second-order valence-electron chi connectivity index (χ2n) is 4.36. The Morgan fingerprint density at radius 2 is 1.82 bits per heavy atom. The average molecular weight is 264 g/mol. The Morgan fingerprint density at radius 3 is 2.12 bits per heavy atom. The molecule has 0 aromatic carbocycles. The highest BCUT2D eigenvalue weighted by Crippen LogP contribution is 2.52. The Bertz CT molecular complexity index is 268. The molecule has 0 spiro atoms. The van der Waals surface area contributed by atoms with E-state index < -0.39 is 13.2 Å². The van der Waals surface area contributed by atoms with Gasteiger partial charge < -0.3 is 14.2 Å². The summed E-state index contributed by atoms with van der Waals surface area (Å²) < 4.78 is 22.8. The van der Waals surface area contributed by atoms with E-state index in [1.165, 1.54) is 0 Å². The molecule has 4 nitrogen and oxygen atoms in total. The van der Waals surface area contributed by atoms with Crippen molar-refractivity contribution in [2.75, 3.05) is 19.4 Å². The van der Waals surface area contributed by atoms with Crippen LogP contribution in [-0.4, -0.2) is 30.1 Å². The standard InChI is InChI=1S/C12H25O4P/c1-6-9-12(13,11(4)5)10-17(14,15-7-2)16-8-3/h6,11,13H,1,7-10H2,2-5H3. The Balaban J connectivity index is 4.91. The van der Waals surface area contributed by atoms with Crippen LogP contribution in [-0.2, 0) is 13.6 Å². The molecule has 0 bridgehead atoms. The molecule has 1 atom stereocenters. The van der Waals surface area contributed by atoms with Gasteiger partial charge in [-0.25, -0.2) is 0 Å². The minimum atomic E-state index is -3.22. The zero-order valence-corrected chi connectivity index (χ0v) is 12.2. The molecular weight excluding hydrogens is 239 g/mol. The van der Waals surface area contributed by atoms with Crippen molar-refractivity contribution in [3.05, 3.63) is 12.7 Å². The highest BCUT2D eigenvalue weighted by molar-refractivity contribution is 7.53. The number of aliphatic hydroxyl groups is 1. The Labute approximate surface area is 105 Å². The molecule has 0 heterocycles. The van der Waals surface area contributed by atoms with Gasteiger partial charge in [-0.3, -0.25) is 4.57 Å². The van der Waals surface area contributed by atoms with E-state index in [1.54, 1.807) is 19.9 Å². The summed E-state index contributed by atoms with van der Waals surface area (Å²) >= 11 is 0. The monoisotopic (exact) mass is 264 g/mol. The van der Waals surface area contributed by atoms with E-state index in [1.807, 2.05) is 13.8 Å². The van der Waals surface area contributed by atoms with E-state index in [0.717, 1.165) is 0 Å². The maximum atomic E-state index is 12.4. The maximum Gasteiger partial charge on any atom is 0.333 e. The van der Waals surface area contributed by atoms with Crippen molar-refractivity contribution < 1.29 is 18.7 Å². The fourth-order valence-corrected chi connectivity index (χ4v) is 3.80. The normalized spacial score (nSPS) is 15.9. The van der Waals surface area contributed by atoms with Crippen LogP contribution in [0.3, 0.4) is 0 Å². The number of hydrogen-bond acceptors (Lipinski definition) is 4. The van der Waals surface area contributed by atoms with Gasteiger partial charge in [0.05, 0.1) is 25.0 Å². The minimum Gasteiger partial charge on any atom is -0.389 e. The summed E-state index contributed by atoms with van der Waals surface area (Å²) in [4.78, 5) is 0. The average Bonchev–Trinajstić information content (AvgIpc) is 2.17. The van der Waals surface area contributed by atoms with Crippen LogP contribution in [0.2, 0.25) is 0 Å². The smallest absolute Gasteiger partial charge is 0.333 e. The molecule has 0 aliphatic rings. The lowest BCUT2D eigenvalue weighted by molar-refractivity contribution is 0.0132. The second kappa shape index (κ2) is 7.32. The summed E-state index contributed by atoms with van der Waals surface area (Å²) in [6.45, 7) is 11.5. The van der Waals surface area contributed by atoms with Crippen molar-refractivity contribution in [1.29, 1.82) is 0 Å². The topological polar surface area (TPSA) is 55.8 Å². The lowest BCUT2D eigenvalue weighted by Gasteiger charge is -2.33. The highest BCUT2D eigenvalue weighted by Gasteiger charge is 2.39. The summed E-state index contributed by atoms with van der Waals surface area (Å²) in [6, 6.07) is 0. The van der Waals surface area contributed by atoms with Gasteiger partial charge in [-0.2, -0.15) is 0 Å². The summed E-state index contributed by atoms with van der Waals surface area (Å²) in [6.07, 6.45) is 2.00. The third-order valence-corrected chi connectivity index (χ3v) is 4.93. The third kappa shape index (κ3) is 5.35. The molecule has 0 amide bonds. The van der Waals surface area contributed by atoms with E-state index in [2.05, 4.69) is 6.58 Å². The van der Waals surface area contributed by atoms with E-state index in [4.69, 9.17) is 9.05 Å². The van der Waals surface area contributed by atoms with Crippen molar-refractivity contribution in [1.82, 2.24) is 0 Å². The quantitative estimate of drug-likeness (QED) is 0.513. The van der Waals surface area contributed by atoms with Gasteiger partial charge in [0.1, 0.15) is 0 Å². The first-order valence-electron chi connectivity index (χ1n) is 6.05. The molecule has 1 unspecified atom stereocenters. The lowest BCUT2D eigenvalue weighted by atomic mass is 9.89. The van der Waals surface area contributed by atoms with Gasteiger partial charge in [-0.05, 0) is 26.2 Å². The predicted octanol–water partition coefficient (Wildman–Crippen LogP) is 3.22. The summed E-state index contributed by atoms with van der Waals surface area (Å²) in [5.74, 6) is -0.0465. The molecule has 0 radical (unpaired) electrons. The van der Waals surface area contributed by atoms with Gasteiger partial charge in [0.15, 0.2) is 0 Å². The van der Waals surface area contributed by atoms with Crippen molar-refractivity contribution in [2.45, 2.75) is 39.7 Å². The molecule has 0 aliphatic carbocycles. The van der Waals surface area contributed by atoms with Gasteiger partial charge in [0.25, 0.3) is 0 Å². The maximum absolute atomic E-state index is 12.4. The van der Waals surface area contributed by atoms with Gasteiger partial charge in [0, 0.05) is 0 Å². The first-order valence-corrected chi connectivity index (χ1v) is 7.77. The number of hydrogen-bond donors (Lipinski definition) is 1. The molecule has 0 fully saturated rings. The van der Waals surface area contributed by atoms with E-state index in [0.29, 0.717) is 19.6 Å². The van der Waals surface area contributed by atoms with Gasteiger partial charge in [-0.1, -0.05) is 19.9 Å². The van der Waals surface area contributed by atoms with Crippen LogP contribution in [0.15, 0.2) is 12.7 Å². The summed E-state index contributed by atoms with van der Waals surface area (Å²) in [5.41, 5.74) is -1.10. The molecule has 0 rings (SSSR count). The van der Waals surface area contributed by atoms with Crippen molar-refractivity contribution in [3.63, 3.8) is 0 Å². The predicted molar refractivity (Wildman–Crippen MR) is 70.3 cm³/mol. The van der Waals surface area contributed by atoms with Gasteiger partial charge >= 0.3 is 7.60 Å². The molecule has 102 valence electrons. The zero-order valence-electron chi connectivity index (χ0n) is 11.3. The molecule has 0 saturated heterocycles. The third-order valence-electron chi connectivity index (χ3n) is 2.69. The molecule has 5 heteroatoms. The molecule has 0 aromatic rings. The van der Waals surface area contributed by atoms with Crippen molar-refractivity contribution >= 4 is 7.60 Å². The van der Waals surface area contributed by atoms with Crippen LogP contribution in [0.4, 0.5) is 0 Å². The summed E-state index contributed by atoms with van der Waals surface area (Å²) in [5, 5.41) is 10.5. The van der Waals surface area contributed by atoms with Crippen LogP contribution in [0.1, 0.15) is 34.1 Å². The Kier molecular flexibility index (Phi) is 7.26. The Hall–Kier alpha value is -0.150. The lowest BCUT2D eigenvalue weighted by Crippen LogP contribution is -2.39. The van der Waals surface area contributed by atoms with Crippen LogP contribution in [0, 0.1) is 5.92 Å². The first kappa shape index (κ1) is 16.9. The van der Waals surface area contributed by atoms with Gasteiger partial charge in [0.2, 0.25) is 0 Å². The van der Waals surface area contributed by atoms with Crippen molar-refractivity contribution in [2.24, 2.45) is 5.92 Å². The summed E-state index contributed by atoms with van der Waals surface area (Å²) in [7, 11) is -3.22. The molecule has 17 heavy (non-hydrogen) atoms. The van der Waals surface area contributed by atoms with Gasteiger partial charge in [-0.15, -0.1) is 6.58 Å². The fourth-order valence-electron chi connectivity index (χ4n) is 1.59. The van der Waals surface area contributed by atoms with Crippen LogP contribution < -0.4 is 0 Å². The van der Waals surface area contributed by atoms with E-state index in [-0.39, 0.29) is 12.1 Å². The molecule has 0 aromatic heterocycles. The second-order valence-corrected chi connectivity index (χ2v) is 6.41. The highest BCUT2D eigenvalue weighted by atomic mass is 31.2. The molecule has 1 N–H and O–H groups in total. The zero-order chi connectivity index (χ0) is 13.5. The fraction of sp³-hybridized carbons (Fsp3) is 0.833. The van der Waals surface area contributed by atoms with Crippen molar-refractivity contribution in [3.8, 4) is 0 Å². The molecule has 0 aliphatic heterocycles. The Morgan fingerprint density at radius 1 is 1.35 bits per heavy atom. The molecule has 0 saturated carbocycles. The molecular formula is C12H25O4P. The largest absolute Gasteiger partial charge is 0.389 e. The van der Waals surface area contributed by atoms with Crippen LogP contribution in [0.5, 0.6) is 0 Å². The van der Waals surface area contributed by atoms with Crippen LogP contribution in [0.25, 0.3) is 0 Å². The van der Waals surface area contributed by atoms with Crippen LogP contribution >= 0.6 is 7.60 Å². The minimum absolute atomic E-state index is 0.00532. The first-order chi connectivity index (χ1) is 7.83. The SMILES string of the molecule is C=CCC(O)(CP(=O)(OCC)OCC)C(C)C. The van der Waals surface area contributed by atoms with E-state index >= 15 is 0 Å². The van der Waals surface area contributed by atoms with E-state index in [9.17, 15) is 9.67 Å².